The fourth-order valence-corrected chi connectivity index (χ4v) is 6.51. The summed E-state index contributed by atoms with van der Waals surface area (Å²) >= 11 is 0. The number of imidazole rings is 1. The molecule has 0 aliphatic carbocycles. The fraction of sp³-hybridized carbons (Fsp3) is 0.278. The van der Waals surface area contributed by atoms with E-state index in [1.807, 2.05) is 0 Å². The molecule has 1 fully saturated rings. The summed E-state index contributed by atoms with van der Waals surface area (Å²) in [6, 6.07) is 7.02. The molecule has 0 saturated carbocycles. The van der Waals surface area contributed by atoms with Gasteiger partial charge in [-0.15, -0.1) is 0 Å². The molecule has 2 heterocycles. The van der Waals surface area contributed by atoms with Crippen LogP contribution < -0.4 is 43.2 Å². The van der Waals surface area contributed by atoms with E-state index in [4.69, 9.17) is 16.6 Å². The van der Waals surface area contributed by atoms with Crippen LogP contribution in [-0.4, -0.2) is 51.6 Å². The van der Waals surface area contributed by atoms with Gasteiger partial charge in [-0.1, -0.05) is 18.2 Å². The summed E-state index contributed by atoms with van der Waals surface area (Å²) < 4.78 is 53.9. The maximum atomic E-state index is 13.0. The number of hydrazine groups is 3. The first-order valence-corrected chi connectivity index (χ1v) is 13.4. The van der Waals surface area contributed by atoms with E-state index in [1.165, 1.54) is 12.1 Å². The van der Waals surface area contributed by atoms with Gasteiger partial charge in [0.05, 0.1) is 23.7 Å². The van der Waals surface area contributed by atoms with Gasteiger partial charge in [0.1, 0.15) is 21.8 Å². The Balaban J connectivity index is 2.05. The van der Waals surface area contributed by atoms with Crippen molar-refractivity contribution >= 4 is 31.1 Å². The van der Waals surface area contributed by atoms with Crippen molar-refractivity contribution in [2.24, 2.45) is 16.6 Å². The number of H-pyrrole nitrogens is 1. The third-order valence-electron chi connectivity index (χ3n) is 5.32. The standard InChI is InChI=1S/C18H26N10O5S2/c19-6-7-22-35(32,33)13-5-4-9(14(16(13)34(21,30)31)18-25-27-28-26-18)10-2-1-3-12-15(10)24-17(23-12)11(20)8-29/h1-5,11,18,22,25-29H,6-8,19-20H2,(H,23,24)(H2,21,30,31)/t11-/m1/s1. The molecule has 1 aliphatic heterocycles. The van der Waals surface area contributed by atoms with E-state index < -0.39 is 42.0 Å². The Bertz CT molecular complexity index is 1450. The largest absolute Gasteiger partial charge is 0.394 e. The number of hydrogen-bond acceptors (Lipinski definition) is 12. The van der Waals surface area contributed by atoms with Crippen LogP contribution in [0, 0.1) is 0 Å². The molecule has 0 radical (unpaired) electrons. The molecular weight excluding hydrogens is 500 g/mol. The number of para-hydroxylation sites is 1. The molecule has 0 amide bonds. The highest BCUT2D eigenvalue weighted by molar-refractivity contribution is 7.92. The Labute approximate surface area is 200 Å². The number of nitrogens with two attached hydrogens (primary N) is 3. The lowest BCUT2D eigenvalue weighted by Gasteiger charge is -2.21. The third kappa shape index (κ3) is 4.92. The zero-order valence-corrected chi connectivity index (χ0v) is 19.9. The number of sulfonamides is 2. The molecule has 0 spiro atoms. The second-order valence-corrected chi connectivity index (χ2v) is 10.9. The number of hydrogen-bond donors (Lipinski definition) is 10. The lowest BCUT2D eigenvalue weighted by Crippen LogP contribution is -2.33. The molecule has 190 valence electrons. The number of aromatic amines is 1. The topological polar surface area (TPSA) is 255 Å². The molecule has 0 unspecified atom stereocenters. The van der Waals surface area contributed by atoms with Gasteiger partial charge in [-0.2, -0.15) is 11.1 Å². The minimum absolute atomic E-state index is 0.00786. The molecular formula is C18H26N10O5S2. The van der Waals surface area contributed by atoms with Crippen LogP contribution in [0.2, 0.25) is 0 Å². The van der Waals surface area contributed by atoms with Gasteiger partial charge in [-0.3, -0.25) is 0 Å². The molecule has 13 N–H and O–H groups in total. The van der Waals surface area contributed by atoms with Gasteiger partial charge in [-0.25, -0.2) is 42.5 Å². The minimum Gasteiger partial charge on any atom is -0.394 e. The van der Waals surface area contributed by atoms with E-state index in [0.29, 0.717) is 28.0 Å². The fourth-order valence-electron chi connectivity index (χ4n) is 3.80. The average molecular weight is 527 g/mol. The summed E-state index contributed by atoms with van der Waals surface area (Å²) in [5.74, 6) is 0.328. The molecule has 0 bridgehead atoms. The van der Waals surface area contributed by atoms with Crippen molar-refractivity contribution in [2.75, 3.05) is 19.7 Å². The first-order chi connectivity index (χ1) is 16.6. The number of aliphatic hydroxyl groups is 1. The average Bonchev–Trinajstić information content (AvgIpc) is 3.50. The van der Waals surface area contributed by atoms with Crippen LogP contribution in [0.1, 0.15) is 23.6 Å². The number of primary sulfonamides is 1. The van der Waals surface area contributed by atoms with E-state index in [2.05, 4.69) is 36.6 Å². The van der Waals surface area contributed by atoms with E-state index in [0.717, 1.165) is 0 Å². The lowest BCUT2D eigenvalue weighted by atomic mass is 9.96. The summed E-state index contributed by atoms with van der Waals surface area (Å²) in [6.07, 6.45) is -0.920. The van der Waals surface area contributed by atoms with Crippen molar-refractivity contribution < 1.29 is 21.9 Å². The highest BCUT2D eigenvalue weighted by Gasteiger charge is 2.34. The number of nitrogens with one attached hydrogen (secondary N) is 6. The second kappa shape index (κ2) is 9.84. The number of benzene rings is 2. The van der Waals surface area contributed by atoms with Crippen molar-refractivity contribution in [3.05, 3.63) is 41.7 Å². The molecule has 15 nitrogen and oxygen atoms in total. The summed E-state index contributed by atoms with van der Waals surface area (Å²) in [5, 5.41) is 15.0. The Morgan fingerprint density at radius 1 is 1.09 bits per heavy atom. The quantitative estimate of drug-likeness (QED) is 0.136. The lowest BCUT2D eigenvalue weighted by molar-refractivity contribution is 0.264. The highest BCUT2D eigenvalue weighted by atomic mass is 32.2. The van der Waals surface area contributed by atoms with Crippen LogP contribution >= 0.6 is 0 Å². The molecule has 1 saturated heterocycles. The molecule has 3 aromatic rings. The monoisotopic (exact) mass is 526 g/mol. The summed E-state index contributed by atoms with van der Waals surface area (Å²) in [5.41, 5.74) is 23.9. The van der Waals surface area contributed by atoms with Crippen LogP contribution in [0.25, 0.3) is 22.2 Å². The van der Waals surface area contributed by atoms with Crippen molar-refractivity contribution in [2.45, 2.75) is 22.0 Å². The second-order valence-electron chi connectivity index (χ2n) is 7.67. The Morgan fingerprint density at radius 2 is 1.80 bits per heavy atom. The summed E-state index contributed by atoms with van der Waals surface area (Å²) in [6.45, 7) is -0.438. The minimum atomic E-state index is -4.57. The van der Waals surface area contributed by atoms with Gasteiger partial charge < -0.3 is 21.6 Å². The Morgan fingerprint density at radius 3 is 2.43 bits per heavy atom. The van der Waals surface area contributed by atoms with Gasteiger partial charge in [0, 0.05) is 24.2 Å². The predicted molar refractivity (Wildman–Crippen MR) is 126 cm³/mol. The maximum absolute atomic E-state index is 13.0. The number of aliphatic hydroxyl groups excluding tert-OH is 1. The number of aromatic nitrogens is 2. The molecule has 1 atom stereocenters. The zero-order chi connectivity index (χ0) is 25.4. The smallest absolute Gasteiger partial charge is 0.241 e. The Kier molecular flexibility index (Phi) is 7.18. The van der Waals surface area contributed by atoms with Gasteiger partial charge in [0.2, 0.25) is 20.0 Å². The summed E-state index contributed by atoms with van der Waals surface area (Å²) in [7, 11) is -8.86. The molecule has 2 aromatic carbocycles. The van der Waals surface area contributed by atoms with Crippen molar-refractivity contribution in [3.8, 4) is 11.1 Å². The third-order valence-corrected chi connectivity index (χ3v) is 7.97. The molecule has 4 rings (SSSR count). The van der Waals surface area contributed by atoms with Crippen molar-refractivity contribution in [1.82, 2.24) is 36.6 Å². The van der Waals surface area contributed by atoms with Gasteiger partial charge in [0.15, 0.2) is 0 Å². The van der Waals surface area contributed by atoms with Gasteiger partial charge in [-0.05, 0) is 17.7 Å². The normalized spacial score (nSPS) is 16.2. The van der Waals surface area contributed by atoms with Crippen LogP contribution in [0.5, 0.6) is 0 Å². The Hall–Kier alpha value is -2.55. The number of nitrogens with zero attached hydrogens (tertiary/aromatic N) is 1. The number of rotatable bonds is 9. The number of fused-ring (bicyclic) bond motifs is 1. The van der Waals surface area contributed by atoms with E-state index in [1.54, 1.807) is 18.2 Å². The summed E-state index contributed by atoms with van der Waals surface area (Å²) in [4.78, 5) is 6.40. The predicted octanol–water partition coefficient (Wildman–Crippen LogP) is -2.78. The van der Waals surface area contributed by atoms with E-state index in [9.17, 15) is 21.9 Å². The van der Waals surface area contributed by atoms with Crippen LogP contribution in [0.3, 0.4) is 0 Å². The molecule has 17 heteroatoms. The highest BCUT2D eigenvalue weighted by Crippen LogP contribution is 2.39. The van der Waals surface area contributed by atoms with E-state index >= 15 is 0 Å². The first-order valence-electron chi connectivity index (χ1n) is 10.3. The van der Waals surface area contributed by atoms with Crippen molar-refractivity contribution in [1.29, 1.82) is 0 Å². The first kappa shape index (κ1) is 25.5. The van der Waals surface area contributed by atoms with Gasteiger partial charge >= 0.3 is 0 Å². The van der Waals surface area contributed by atoms with Crippen molar-refractivity contribution in [3.63, 3.8) is 0 Å². The SMILES string of the molecule is NCCNS(=O)(=O)c1ccc(-c2cccc3[nH]c([C@H](N)CO)nc23)c(C2NNNN2)c1S(N)(=O)=O. The van der Waals surface area contributed by atoms with Crippen LogP contribution in [0.4, 0.5) is 0 Å². The molecule has 1 aliphatic rings. The van der Waals surface area contributed by atoms with Crippen LogP contribution in [0.15, 0.2) is 40.1 Å². The van der Waals surface area contributed by atoms with Gasteiger partial charge in [0.25, 0.3) is 0 Å². The molecule has 35 heavy (non-hydrogen) atoms. The van der Waals surface area contributed by atoms with Crippen LogP contribution in [-0.2, 0) is 20.0 Å². The maximum Gasteiger partial charge on any atom is 0.241 e. The molecule has 1 aromatic heterocycles. The zero-order valence-electron chi connectivity index (χ0n) is 18.2. The van der Waals surface area contributed by atoms with E-state index in [-0.39, 0.29) is 25.3 Å².